The van der Waals surface area contributed by atoms with Crippen LogP contribution in [0.25, 0.3) is 16.9 Å². The molecule has 104 valence electrons. The summed E-state index contributed by atoms with van der Waals surface area (Å²) in [5.41, 5.74) is 2.78. The van der Waals surface area contributed by atoms with Crippen LogP contribution in [0.5, 0.6) is 5.75 Å². The summed E-state index contributed by atoms with van der Waals surface area (Å²) in [6, 6.07) is 9.19. The van der Waals surface area contributed by atoms with E-state index in [1.165, 1.54) is 0 Å². The fourth-order valence-electron chi connectivity index (χ4n) is 2.12. The molecule has 0 amide bonds. The zero-order chi connectivity index (χ0) is 15.0. The Morgan fingerprint density at radius 1 is 1.43 bits per heavy atom. The van der Waals surface area contributed by atoms with Gasteiger partial charge in [0, 0.05) is 16.7 Å². The van der Waals surface area contributed by atoms with Gasteiger partial charge in [0.15, 0.2) is 10.4 Å². The van der Waals surface area contributed by atoms with E-state index in [9.17, 15) is 0 Å². The predicted molar refractivity (Wildman–Crippen MR) is 85.2 cm³/mol. The van der Waals surface area contributed by atoms with Gasteiger partial charge in [0.2, 0.25) is 0 Å². The van der Waals surface area contributed by atoms with Gasteiger partial charge in [-0.15, -0.1) is 0 Å². The van der Waals surface area contributed by atoms with Gasteiger partial charge in [0.1, 0.15) is 5.75 Å². The van der Waals surface area contributed by atoms with Crippen molar-refractivity contribution in [3.63, 3.8) is 0 Å². The number of benzene rings is 1. The molecule has 0 saturated carbocycles. The molecule has 0 aliphatic heterocycles. The Hall–Kier alpha value is -2.17. The third-order valence-electron chi connectivity index (χ3n) is 3.04. The van der Waals surface area contributed by atoms with Crippen molar-refractivity contribution in [2.45, 2.75) is 0 Å². The average Bonchev–Trinajstić information content (AvgIpc) is 2.81. The summed E-state index contributed by atoms with van der Waals surface area (Å²) < 4.78 is 8.54. The summed E-state index contributed by atoms with van der Waals surface area (Å²) in [7, 11) is 1.56. The zero-order valence-corrected chi connectivity index (χ0v) is 13.3. The molecule has 3 rings (SSSR count). The van der Waals surface area contributed by atoms with Gasteiger partial charge in [-0.1, -0.05) is 0 Å². The number of halogens is 1. The van der Waals surface area contributed by atoms with Crippen molar-refractivity contribution in [2.75, 3.05) is 7.11 Å². The first-order valence-electron chi connectivity index (χ1n) is 5.99. The van der Waals surface area contributed by atoms with Gasteiger partial charge in [-0.3, -0.25) is 4.57 Å². The lowest BCUT2D eigenvalue weighted by Crippen LogP contribution is -1.99. The molecule has 0 aliphatic rings. The highest BCUT2D eigenvalue weighted by atomic mass is 79.9. The fourth-order valence-corrected chi connectivity index (χ4v) is 2.75. The highest BCUT2D eigenvalue weighted by molar-refractivity contribution is 9.10. The van der Waals surface area contributed by atoms with E-state index in [1.54, 1.807) is 36.1 Å². The standard InChI is InChI=1S/C14H9BrN4OS/c1-20-12-4-8(6-16)2-3-11(12)19-13-10(18-14(19)21)5-9(15)7-17-13/h2-5,7H,1H3,(H,18,21). The van der Waals surface area contributed by atoms with Crippen LogP contribution in [-0.4, -0.2) is 21.6 Å². The molecule has 21 heavy (non-hydrogen) atoms. The molecule has 0 atom stereocenters. The normalized spacial score (nSPS) is 10.5. The summed E-state index contributed by atoms with van der Waals surface area (Å²) >= 11 is 8.76. The number of nitrogens with zero attached hydrogens (tertiary/aromatic N) is 3. The van der Waals surface area contributed by atoms with Crippen molar-refractivity contribution in [2.24, 2.45) is 0 Å². The number of hydrogen-bond donors (Lipinski definition) is 1. The molecule has 1 aromatic carbocycles. The zero-order valence-electron chi connectivity index (χ0n) is 10.9. The summed E-state index contributed by atoms with van der Waals surface area (Å²) in [4.78, 5) is 7.50. The largest absolute Gasteiger partial charge is 0.495 e. The average molecular weight is 361 g/mol. The molecular weight excluding hydrogens is 352 g/mol. The van der Waals surface area contributed by atoms with E-state index in [0.29, 0.717) is 21.7 Å². The monoisotopic (exact) mass is 360 g/mol. The van der Waals surface area contributed by atoms with Gasteiger partial charge in [-0.2, -0.15) is 5.26 Å². The summed E-state index contributed by atoms with van der Waals surface area (Å²) in [6.07, 6.45) is 1.71. The first kappa shape index (κ1) is 13.8. The Labute approximate surface area is 133 Å². The van der Waals surface area contributed by atoms with E-state index in [-0.39, 0.29) is 0 Å². The number of fused-ring (bicyclic) bond motifs is 1. The van der Waals surface area contributed by atoms with Crippen LogP contribution in [0.4, 0.5) is 0 Å². The molecule has 1 N–H and O–H groups in total. The van der Waals surface area contributed by atoms with Crippen LogP contribution in [0.2, 0.25) is 0 Å². The van der Waals surface area contributed by atoms with E-state index >= 15 is 0 Å². The molecule has 2 heterocycles. The summed E-state index contributed by atoms with van der Waals surface area (Å²) in [5.74, 6) is 0.566. The molecule has 2 aromatic heterocycles. The van der Waals surface area contributed by atoms with Gasteiger partial charge in [-0.05, 0) is 46.3 Å². The Morgan fingerprint density at radius 2 is 2.24 bits per heavy atom. The van der Waals surface area contributed by atoms with Gasteiger partial charge >= 0.3 is 0 Å². The number of hydrogen-bond acceptors (Lipinski definition) is 4. The molecule has 0 aliphatic carbocycles. The van der Waals surface area contributed by atoms with E-state index in [0.717, 1.165) is 15.7 Å². The second-order valence-electron chi connectivity index (χ2n) is 4.29. The fraction of sp³-hybridized carbons (Fsp3) is 0.0714. The number of H-pyrrole nitrogens is 1. The van der Waals surface area contributed by atoms with Crippen LogP contribution in [0.3, 0.4) is 0 Å². The van der Waals surface area contributed by atoms with Crippen molar-refractivity contribution in [3.8, 4) is 17.5 Å². The second-order valence-corrected chi connectivity index (χ2v) is 5.59. The number of nitrogens with one attached hydrogen (secondary N) is 1. The summed E-state index contributed by atoms with van der Waals surface area (Å²) in [6.45, 7) is 0. The molecular formula is C14H9BrN4OS. The Bertz CT molecular complexity index is 938. The third kappa shape index (κ3) is 2.33. The van der Waals surface area contributed by atoms with Crippen molar-refractivity contribution in [3.05, 3.63) is 45.3 Å². The molecule has 5 nitrogen and oxygen atoms in total. The first-order valence-corrected chi connectivity index (χ1v) is 7.19. The van der Waals surface area contributed by atoms with Crippen molar-refractivity contribution >= 4 is 39.3 Å². The van der Waals surface area contributed by atoms with Gasteiger partial charge in [-0.25, -0.2) is 4.98 Å². The minimum atomic E-state index is 0.513. The highest BCUT2D eigenvalue weighted by Crippen LogP contribution is 2.28. The number of aromatic nitrogens is 3. The maximum Gasteiger partial charge on any atom is 0.184 e. The minimum Gasteiger partial charge on any atom is -0.495 e. The second kappa shape index (κ2) is 5.31. The predicted octanol–water partition coefficient (Wildman–Crippen LogP) is 3.73. The lowest BCUT2D eigenvalue weighted by Gasteiger charge is -2.10. The highest BCUT2D eigenvalue weighted by Gasteiger charge is 2.13. The van der Waals surface area contributed by atoms with Crippen LogP contribution in [0.15, 0.2) is 34.9 Å². The lowest BCUT2D eigenvalue weighted by molar-refractivity contribution is 0.413. The van der Waals surface area contributed by atoms with Crippen LogP contribution in [-0.2, 0) is 0 Å². The Balaban J connectivity index is 2.33. The number of imidazole rings is 1. The van der Waals surface area contributed by atoms with Crippen molar-refractivity contribution in [1.82, 2.24) is 14.5 Å². The number of ether oxygens (including phenoxy) is 1. The lowest BCUT2D eigenvalue weighted by atomic mass is 10.2. The number of nitriles is 1. The van der Waals surface area contributed by atoms with E-state index < -0.39 is 0 Å². The molecule has 3 aromatic rings. The van der Waals surface area contributed by atoms with Gasteiger partial charge in [0.25, 0.3) is 0 Å². The van der Waals surface area contributed by atoms with Crippen molar-refractivity contribution in [1.29, 1.82) is 5.26 Å². The molecule has 0 bridgehead atoms. The maximum absolute atomic E-state index is 8.98. The maximum atomic E-state index is 8.98. The van der Waals surface area contributed by atoms with Crippen molar-refractivity contribution < 1.29 is 4.74 Å². The molecule has 0 spiro atoms. The number of pyridine rings is 1. The van der Waals surface area contributed by atoms with Crippen LogP contribution >= 0.6 is 28.1 Å². The van der Waals surface area contributed by atoms with Gasteiger partial charge < -0.3 is 9.72 Å². The first-order chi connectivity index (χ1) is 10.1. The van der Waals surface area contributed by atoms with Crippen LogP contribution in [0, 0.1) is 16.1 Å². The molecule has 0 saturated heterocycles. The molecule has 7 heteroatoms. The Morgan fingerprint density at radius 3 is 2.95 bits per heavy atom. The molecule has 0 unspecified atom stereocenters. The minimum absolute atomic E-state index is 0.513. The molecule has 0 fully saturated rings. The van der Waals surface area contributed by atoms with Gasteiger partial charge in [0.05, 0.1) is 29.9 Å². The SMILES string of the molecule is COc1cc(C#N)ccc1-n1c(=S)[nH]c2cc(Br)cnc21. The van der Waals surface area contributed by atoms with E-state index in [1.807, 2.05) is 6.07 Å². The number of aromatic amines is 1. The summed E-state index contributed by atoms with van der Waals surface area (Å²) in [5, 5.41) is 8.98. The van der Waals surface area contributed by atoms with E-state index in [2.05, 4.69) is 32.0 Å². The Kier molecular flexibility index (Phi) is 3.49. The smallest absolute Gasteiger partial charge is 0.184 e. The molecule has 0 radical (unpaired) electrons. The van der Waals surface area contributed by atoms with Crippen LogP contribution < -0.4 is 4.74 Å². The topological polar surface area (TPSA) is 66.6 Å². The van der Waals surface area contributed by atoms with Crippen LogP contribution in [0.1, 0.15) is 5.56 Å². The van der Waals surface area contributed by atoms with E-state index in [4.69, 9.17) is 22.2 Å². The number of rotatable bonds is 2. The third-order valence-corrected chi connectivity index (χ3v) is 3.76. The quantitative estimate of drug-likeness (QED) is 0.707. The number of methoxy groups -OCH3 is 1.